The van der Waals surface area contributed by atoms with Crippen molar-refractivity contribution in [2.45, 2.75) is 31.6 Å². The van der Waals surface area contributed by atoms with Crippen molar-refractivity contribution in [3.8, 4) is 5.75 Å². The Morgan fingerprint density at radius 2 is 2.26 bits per heavy atom. The predicted molar refractivity (Wildman–Crippen MR) is 75.1 cm³/mol. The summed E-state index contributed by atoms with van der Waals surface area (Å²) in [4.78, 5) is 12.7. The Morgan fingerprint density at radius 1 is 1.53 bits per heavy atom. The molecule has 0 saturated carbocycles. The summed E-state index contributed by atoms with van der Waals surface area (Å²) >= 11 is 6.32. The number of carbonyl (C=O) groups excluding carboxylic acids is 1. The van der Waals surface area contributed by atoms with Crippen LogP contribution in [0.25, 0.3) is 0 Å². The minimum atomic E-state index is -0.607. The van der Waals surface area contributed by atoms with Crippen molar-refractivity contribution in [2.24, 2.45) is 5.41 Å². The van der Waals surface area contributed by atoms with Gasteiger partial charge in [0.15, 0.2) is 5.78 Å². The van der Waals surface area contributed by atoms with E-state index >= 15 is 0 Å². The standard InChI is InChI=1S/C15H19ClO3/c1-15(13(16)6-8-17)7-5-10-3-4-11(19-2)9-12(10)14(15)18/h3-4,9,13,17H,5-8H2,1-2H3. The van der Waals surface area contributed by atoms with Crippen LogP contribution in [0.2, 0.25) is 0 Å². The molecule has 0 amide bonds. The molecule has 0 bridgehead atoms. The zero-order valence-corrected chi connectivity index (χ0v) is 12.0. The number of benzene rings is 1. The first-order valence-electron chi connectivity index (χ1n) is 6.49. The van der Waals surface area contributed by atoms with Crippen molar-refractivity contribution in [2.75, 3.05) is 13.7 Å². The molecule has 0 heterocycles. The molecule has 0 aliphatic heterocycles. The van der Waals surface area contributed by atoms with Gasteiger partial charge in [-0.2, -0.15) is 0 Å². The zero-order valence-electron chi connectivity index (χ0n) is 11.3. The van der Waals surface area contributed by atoms with Crippen LogP contribution in [0.3, 0.4) is 0 Å². The number of hydrogen-bond donors (Lipinski definition) is 1. The van der Waals surface area contributed by atoms with Gasteiger partial charge in [-0.1, -0.05) is 13.0 Å². The summed E-state index contributed by atoms with van der Waals surface area (Å²) in [6, 6.07) is 5.61. The third-order valence-electron chi connectivity index (χ3n) is 4.07. The Labute approximate surface area is 118 Å². The molecule has 1 aliphatic rings. The van der Waals surface area contributed by atoms with Crippen LogP contribution in [0.5, 0.6) is 5.75 Å². The van der Waals surface area contributed by atoms with E-state index < -0.39 is 5.41 Å². The van der Waals surface area contributed by atoms with Crippen molar-refractivity contribution >= 4 is 17.4 Å². The Morgan fingerprint density at radius 3 is 2.89 bits per heavy atom. The summed E-state index contributed by atoms with van der Waals surface area (Å²) < 4.78 is 5.18. The number of rotatable bonds is 4. The van der Waals surface area contributed by atoms with E-state index in [2.05, 4.69) is 0 Å². The van der Waals surface area contributed by atoms with Gasteiger partial charge in [0.25, 0.3) is 0 Å². The molecule has 3 nitrogen and oxygen atoms in total. The van der Waals surface area contributed by atoms with Gasteiger partial charge >= 0.3 is 0 Å². The van der Waals surface area contributed by atoms with Gasteiger partial charge in [0.05, 0.1) is 7.11 Å². The second kappa shape index (κ2) is 5.51. The Kier molecular flexibility index (Phi) is 4.16. The number of carbonyl (C=O) groups is 1. The van der Waals surface area contributed by atoms with E-state index in [0.717, 1.165) is 18.4 Å². The number of ketones is 1. The number of hydrogen-bond acceptors (Lipinski definition) is 3. The molecule has 1 aromatic rings. The molecule has 19 heavy (non-hydrogen) atoms. The average molecular weight is 283 g/mol. The molecule has 4 heteroatoms. The van der Waals surface area contributed by atoms with Crippen LogP contribution in [-0.4, -0.2) is 30.0 Å². The number of halogens is 1. The van der Waals surface area contributed by atoms with Gasteiger partial charge in [0, 0.05) is 23.0 Å². The quantitative estimate of drug-likeness (QED) is 0.864. The largest absolute Gasteiger partial charge is 0.497 e. The fourth-order valence-corrected chi connectivity index (χ4v) is 2.96. The lowest BCUT2D eigenvalue weighted by Gasteiger charge is -2.37. The molecule has 0 aromatic heterocycles. The second-order valence-electron chi connectivity index (χ2n) is 5.25. The second-order valence-corrected chi connectivity index (χ2v) is 5.78. The molecule has 104 valence electrons. The van der Waals surface area contributed by atoms with Crippen LogP contribution in [-0.2, 0) is 6.42 Å². The highest BCUT2D eigenvalue weighted by molar-refractivity contribution is 6.24. The van der Waals surface area contributed by atoms with E-state index in [0.29, 0.717) is 17.7 Å². The maximum Gasteiger partial charge on any atom is 0.170 e. The monoisotopic (exact) mass is 282 g/mol. The SMILES string of the molecule is COc1ccc2c(c1)C(=O)C(C)(C(Cl)CCO)CC2. The maximum absolute atomic E-state index is 12.7. The van der Waals surface area contributed by atoms with Crippen LogP contribution >= 0.6 is 11.6 Å². The van der Waals surface area contributed by atoms with Crippen molar-refractivity contribution < 1.29 is 14.6 Å². The normalized spacial score (nSPS) is 23.9. The van der Waals surface area contributed by atoms with Crippen LogP contribution < -0.4 is 4.74 Å². The van der Waals surface area contributed by atoms with Gasteiger partial charge in [0.1, 0.15) is 5.75 Å². The lowest BCUT2D eigenvalue weighted by atomic mass is 9.69. The van der Waals surface area contributed by atoms with E-state index in [1.54, 1.807) is 13.2 Å². The lowest BCUT2D eigenvalue weighted by Crippen LogP contribution is -2.41. The minimum Gasteiger partial charge on any atom is -0.497 e. The first kappa shape index (κ1) is 14.4. The molecule has 1 aliphatic carbocycles. The Bertz CT molecular complexity index is 486. The fraction of sp³-hybridized carbons (Fsp3) is 0.533. The lowest BCUT2D eigenvalue weighted by molar-refractivity contribution is 0.0763. The third-order valence-corrected chi connectivity index (χ3v) is 4.77. The average Bonchev–Trinajstić information content (AvgIpc) is 2.43. The molecular weight excluding hydrogens is 264 g/mol. The number of aliphatic hydroxyl groups is 1. The van der Waals surface area contributed by atoms with Gasteiger partial charge in [-0.3, -0.25) is 4.79 Å². The highest BCUT2D eigenvalue weighted by Gasteiger charge is 2.43. The first-order valence-corrected chi connectivity index (χ1v) is 6.93. The van der Waals surface area contributed by atoms with E-state index in [-0.39, 0.29) is 17.8 Å². The molecule has 1 N–H and O–H groups in total. The number of Topliss-reactive ketones (excluding diaryl/α,β-unsaturated/α-hetero) is 1. The van der Waals surface area contributed by atoms with Crippen LogP contribution in [0.1, 0.15) is 35.7 Å². The van der Waals surface area contributed by atoms with Gasteiger partial charge in [0.2, 0.25) is 0 Å². The molecule has 0 saturated heterocycles. The van der Waals surface area contributed by atoms with Gasteiger partial charge in [-0.25, -0.2) is 0 Å². The number of aryl methyl sites for hydroxylation is 1. The number of aliphatic hydroxyl groups excluding tert-OH is 1. The van der Waals surface area contributed by atoms with Crippen LogP contribution in [0, 0.1) is 5.41 Å². The fourth-order valence-electron chi connectivity index (χ4n) is 2.66. The number of fused-ring (bicyclic) bond motifs is 1. The molecule has 2 atom stereocenters. The van der Waals surface area contributed by atoms with Crippen molar-refractivity contribution in [3.05, 3.63) is 29.3 Å². The van der Waals surface area contributed by atoms with Crippen LogP contribution in [0.4, 0.5) is 0 Å². The van der Waals surface area contributed by atoms with Gasteiger partial charge in [-0.15, -0.1) is 11.6 Å². The first-order chi connectivity index (χ1) is 9.02. The number of ether oxygens (including phenoxy) is 1. The van der Waals surface area contributed by atoms with E-state index in [9.17, 15) is 4.79 Å². The Balaban J connectivity index is 2.37. The van der Waals surface area contributed by atoms with Gasteiger partial charge < -0.3 is 9.84 Å². The van der Waals surface area contributed by atoms with E-state index in [1.807, 2.05) is 19.1 Å². The summed E-state index contributed by atoms with van der Waals surface area (Å²) in [7, 11) is 1.59. The van der Waals surface area contributed by atoms with Crippen molar-refractivity contribution in [1.82, 2.24) is 0 Å². The molecule has 0 spiro atoms. The van der Waals surface area contributed by atoms with E-state index in [1.165, 1.54) is 0 Å². The molecule has 2 rings (SSSR count). The topological polar surface area (TPSA) is 46.5 Å². The number of methoxy groups -OCH3 is 1. The highest BCUT2D eigenvalue weighted by Crippen LogP contribution is 2.42. The summed E-state index contributed by atoms with van der Waals surface area (Å²) in [5.41, 5.74) is 1.15. The number of alkyl halides is 1. The molecule has 0 radical (unpaired) electrons. The van der Waals surface area contributed by atoms with Gasteiger partial charge in [-0.05, 0) is 37.0 Å². The predicted octanol–water partition coefficient (Wildman–Crippen LogP) is 2.82. The maximum atomic E-state index is 12.7. The van der Waals surface area contributed by atoms with Crippen molar-refractivity contribution in [1.29, 1.82) is 0 Å². The highest BCUT2D eigenvalue weighted by atomic mass is 35.5. The Hall–Kier alpha value is -1.06. The minimum absolute atomic E-state index is 0.00199. The van der Waals surface area contributed by atoms with Crippen molar-refractivity contribution in [3.63, 3.8) is 0 Å². The summed E-state index contributed by atoms with van der Waals surface area (Å²) in [6.45, 7) is 1.90. The van der Waals surface area contributed by atoms with E-state index in [4.69, 9.17) is 21.4 Å². The third kappa shape index (κ3) is 2.49. The zero-order chi connectivity index (χ0) is 14.0. The molecule has 0 fully saturated rings. The van der Waals surface area contributed by atoms with Crippen LogP contribution in [0.15, 0.2) is 18.2 Å². The molecule has 1 aromatic carbocycles. The summed E-state index contributed by atoms with van der Waals surface area (Å²) in [5.74, 6) is 0.741. The summed E-state index contributed by atoms with van der Waals surface area (Å²) in [5, 5.41) is 8.69. The molecule has 2 unspecified atom stereocenters. The molecular formula is C15H19ClO3. The smallest absolute Gasteiger partial charge is 0.170 e. The summed E-state index contributed by atoms with van der Waals surface area (Å²) in [6.07, 6.45) is 1.98.